The molecule has 0 bridgehead atoms. The highest BCUT2D eigenvalue weighted by molar-refractivity contribution is 5.30. The minimum Gasteiger partial charge on any atom is -0.393 e. The normalized spacial score (nSPS) is 13.6. The summed E-state index contributed by atoms with van der Waals surface area (Å²) in [6, 6.07) is 5.93. The molecule has 1 aromatic rings. The predicted molar refractivity (Wildman–Crippen MR) is 67.1 cm³/mol. The van der Waals surface area contributed by atoms with Gasteiger partial charge in [0, 0.05) is 6.61 Å². The number of hydrogen-bond acceptors (Lipinski definition) is 2. The fraction of sp³-hybridized carbons (Fsp3) is 0.571. The number of halogens is 3. The van der Waals surface area contributed by atoms with Gasteiger partial charge in [0.25, 0.3) is 0 Å². The van der Waals surface area contributed by atoms with Crippen LogP contribution in [0.3, 0.4) is 0 Å². The van der Waals surface area contributed by atoms with E-state index < -0.39 is 18.9 Å². The molecule has 1 aromatic carbocycles. The average Bonchev–Trinajstić information content (AvgIpc) is 2.28. The highest BCUT2D eigenvalue weighted by atomic mass is 19.4. The van der Waals surface area contributed by atoms with E-state index >= 15 is 0 Å². The lowest BCUT2D eigenvalue weighted by Gasteiger charge is -2.14. The summed E-state index contributed by atoms with van der Waals surface area (Å²) in [6.45, 7) is 2.55. The van der Waals surface area contributed by atoms with Gasteiger partial charge in [0.2, 0.25) is 0 Å². The van der Waals surface area contributed by atoms with E-state index in [2.05, 4.69) is 4.74 Å². The number of benzene rings is 1. The number of aryl methyl sites for hydroxylation is 2. The van der Waals surface area contributed by atoms with E-state index in [0.717, 1.165) is 16.7 Å². The van der Waals surface area contributed by atoms with E-state index in [-0.39, 0.29) is 13.0 Å². The largest absolute Gasteiger partial charge is 0.411 e. The lowest BCUT2D eigenvalue weighted by Crippen LogP contribution is -2.20. The minimum atomic E-state index is -4.31. The van der Waals surface area contributed by atoms with Gasteiger partial charge in [0.1, 0.15) is 6.61 Å². The Balaban J connectivity index is 2.35. The van der Waals surface area contributed by atoms with Crippen molar-refractivity contribution in [3.05, 3.63) is 34.9 Å². The number of aliphatic hydroxyl groups is 1. The summed E-state index contributed by atoms with van der Waals surface area (Å²) >= 11 is 0. The molecule has 0 radical (unpaired) electrons. The molecule has 0 heterocycles. The van der Waals surface area contributed by atoms with Crippen molar-refractivity contribution >= 4 is 0 Å². The molecule has 1 unspecified atom stereocenters. The van der Waals surface area contributed by atoms with Crippen LogP contribution in [0.25, 0.3) is 0 Å². The monoisotopic (exact) mass is 276 g/mol. The van der Waals surface area contributed by atoms with Gasteiger partial charge < -0.3 is 9.84 Å². The lowest BCUT2D eigenvalue weighted by atomic mass is 9.99. The van der Waals surface area contributed by atoms with Crippen LogP contribution in [-0.2, 0) is 11.2 Å². The van der Waals surface area contributed by atoms with E-state index in [4.69, 9.17) is 0 Å². The first kappa shape index (κ1) is 16.0. The van der Waals surface area contributed by atoms with Gasteiger partial charge in [-0.1, -0.05) is 23.8 Å². The van der Waals surface area contributed by atoms with E-state index in [0.29, 0.717) is 6.42 Å². The van der Waals surface area contributed by atoms with Crippen LogP contribution in [-0.4, -0.2) is 30.6 Å². The lowest BCUT2D eigenvalue weighted by molar-refractivity contribution is -0.175. The van der Waals surface area contributed by atoms with Gasteiger partial charge in [-0.15, -0.1) is 0 Å². The molecule has 0 saturated heterocycles. The van der Waals surface area contributed by atoms with E-state index in [1.165, 1.54) is 0 Å². The molecule has 108 valence electrons. The standard InChI is InChI=1S/C14H19F3O2/c1-10-3-4-11(2)12(7-10)8-13(18)5-6-19-9-14(15,16)17/h3-4,7,13,18H,5-6,8-9H2,1-2H3. The first-order chi connectivity index (χ1) is 8.78. The zero-order valence-corrected chi connectivity index (χ0v) is 11.1. The van der Waals surface area contributed by atoms with Crippen LogP contribution in [0.15, 0.2) is 18.2 Å². The maximum Gasteiger partial charge on any atom is 0.411 e. The molecule has 0 saturated carbocycles. The van der Waals surface area contributed by atoms with Gasteiger partial charge in [0.15, 0.2) is 0 Å². The second-order valence-corrected chi connectivity index (χ2v) is 4.74. The summed E-state index contributed by atoms with van der Waals surface area (Å²) in [7, 11) is 0. The highest BCUT2D eigenvalue weighted by Crippen LogP contribution is 2.16. The number of alkyl halides is 3. The molecule has 0 amide bonds. The van der Waals surface area contributed by atoms with Crippen LogP contribution in [0.4, 0.5) is 13.2 Å². The quantitative estimate of drug-likeness (QED) is 0.809. The van der Waals surface area contributed by atoms with E-state index in [9.17, 15) is 18.3 Å². The summed E-state index contributed by atoms with van der Waals surface area (Å²) < 4.78 is 40.0. The molecular formula is C14H19F3O2. The average molecular weight is 276 g/mol. The van der Waals surface area contributed by atoms with E-state index in [1.54, 1.807) is 0 Å². The fourth-order valence-electron chi connectivity index (χ4n) is 1.78. The van der Waals surface area contributed by atoms with Crippen molar-refractivity contribution in [3.63, 3.8) is 0 Å². The second-order valence-electron chi connectivity index (χ2n) is 4.74. The maximum absolute atomic E-state index is 11.8. The Kier molecular flexibility index (Phi) is 5.82. The Morgan fingerprint density at radius 1 is 1.26 bits per heavy atom. The van der Waals surface area contributed by atoms with Crippen molar-refractivity contribution in [2.24, 2.45) is 0 Å². The molecule has 0 aliphatic carbocycles. The molecule has 0 aliphatic rings. The minimum absolute atomic E-state index is 0.0917. The first-order valence-electron chi connectivity index (χ1n) is 6.16. The molecule has 5 heteroatoms. The zero-order valence-electron chi connectivity index (χ0n) is 11.1. The Hall–Kier alpha value is -1.07. The van der Waals surface area contributed by atoms with Crippen LogP contribution in [0, 0.1) is 13.8 Å². The van der Waals surface area contributed by atoms with Crippen LogP contribution >= 0.6 is 0 Å². The molecule has 1 rings (SSSR count). The molecule has 19 heavy (non-hydrogen) atoms. The Morgan fingerprint density at radius 3 is 2.58 bits per heavy atom. The van der Waals surface area contributed by atoms with Gasteiger partial charge in [-0.3, -0.25) is 0 Å². The molecule has 1 atom stereocenters. The van der Waals surface area contributed by atoms with Crippen LogP contribution in [0.1, 0.15) is 23.1 Å². The Morgan fingerprint density at radius 2 is 1.95 bits per heavy atom. The summed E-state index contributed by atoms with van der Waals surface area (Å²) in [4.78, 5) is 0. The molecule has 0 fully saturated rings. The Labute approximate surface area is 111 Å². The zero-order chi connectivity index (χ0) is 14.5. The van der Waals surface area contributed by atoms with Crippen LogP contribution < -0.4 is 0 Å². The topological polar surface area (TPSA) is 29.5 Å². The Bertz CT molecular complexity index is 402. The molecule has 2 nitrogen and oxygen atoms in total. The van der Waals surface area contributed by atoms with Gasteiger partial charge in [0.05, 0.1) is 6.10 Å². The molecular weight excluding hydrogens is 257 g/mol. The van der Waals surface area contributed by atoms with Crippen LogP contribution in [0.5, 0.6) is 0 Å². The number of hydrogen-bond donors (Lipinski definition) is 1. The molecule has 0 aliphatic heterocycles. The van der Waals surface area contributed by atoms with Crippen LogP contribution in [0.2, 0.25) is 0 Å². The van der Waals surface area contributed by atoms with Crippen molar-refractivity contribution in [3.8, 4) is 0 Å². The second kappa shape index (κ2) is 6.91. The molecule has 0 aromatic heterocycles. The van der Waals surface area contributed by atoms with Crippen molar-refractivity contribution in [1.82, 2.24) is 0 Å². The fourth-order valence-corrected chi connectivity index (χ4v) is 1.78. The predicted octanol–water partition coefficient (Wildman–Crippen LogP) is 3.18. The number of ether oxygens (including phenoxy) is 1. The smallest absolute Gasteiger partial charge is 0.393 e. The SMILES string of the molecule is Cc1ccc(C)c(CC(O)CCOCC(F)(F)F)c1. The van der Waals surface area contributed by atoms with Crippen molar-refractivity contribution in [2.75, 3.05) is 13.2 Å². The third-order valence-corrected chi connectivity index (χ3v) is 2.82. The van der Waals surface area contributed by atoms with Crippen molar-refractivity contribution in [1.29, 1.82) is 0 Å². The summed E-state index contributed by atoms with van der Waals surface area (Å²) in [6.07, 6.45) is -4.36. The third kappa shape index (κ3) is 6.59. The van der Waals surface area contributed by atoms with E-state index in [1.807, 2.05) is 32.0 Å². The number of aliphatic hydroxyl groups excluding tert-OH is 1. The van der Waals surface area contributed by atoms with Gasteiger partial charge in [-0.05, 0) is 37.8 Å². The van der Waals surface area contributed by atoms with Crippen molar-refractivity contribution in [2.45, 2.75) is 39.0 Å². The number of rotatable bonds is 6. The highest BCUT2D eigenvalue weighted by Gasteiger charge is 2.27. The van der Waals surface area contributed by atoms with Crippen molar-refractivity contribution < 1.29 is 23.0 Å². The van der Waals surface area contributed by atoms with Gasteiger partial charge in [-0.2, -0.15) is 13.2 Å². The summed E-state index contributed by atoms with van der Waals surface area (Å²) in [5.74, 6) is 0. The summed E-state index contributed by atoms with van der Waals surface area (Å²) in [5, 5.41) is 9.79. The first-order valence-corrected chi connectivity index (χ1v) is 6.16. The molecule has 0 spiro atoms. The van der Waals surface area contributed by atoms with Gasteiger partial charge >= 0.3 is 6.18 Å². The molecule has 1 N–H and O–H groups in total. The van der Waals surface area contributed by atoms with Gasteiger partial charge in [-0.25, -0.2) is 0 Å². The third-order valence-electron chi connectivity index (χ3n) is 2.82. The summed E-state index contributed by atoms with van der Waals surface area (Å²) in [5.41, 5.74) is 3.19. The maximum atomic E-state index is 11.8.